The van der Waals surface area contributed by atoms with Crippen molar-refractivity contribution in [1.82, 2.24) is 5.32 Å². The van der Waals surface area contributed by atoms with Crippen molar-refractivity contribution >= 4 is 23.0 Å². The molecule has 0 fully saturated rings. The first-order valence-electron chi connectivity index (χ1n) is 17.0. The molecule has 0 aliphatic rings. The third-order valence-corrected chi connectivity index (χ3v) is 12.8. The molecule has 0 radical (unpaired) electrons. The Balaban J connectivity index is 1.51. The summed E-state index contributed by atoms with van der Waals surface area (Å²) >= 11 is 0. The number of hydrogen-bond acceptors (Lipinski definition) is 2. The molecule has 9 heteroatoms. The minimum absolute atomic E-state index is 0.141. The van der Waals surface area contributed by atoms with Crippen molar-refractivity contribution in [2.75, 3.05) is 6.54 Å². The van der Waals surface area contributed by atoms with Gasteiger partial charge in [-0.2, -0.15) is 26.3 Å². The number of halogens is 6. The third-order valence-electron chi connectivity index (χ3n) is 9.05. The SMILES string of the molecule is C=C(Cc1cc(C(F)(F)F)cc(C(F)(F)F)c1)N[C@H](CN=P(c1ccccc1)(c1ccccc1)c1ccccc1)C(c1ccccc1)c1ccccc1. The van der Waals surface area contributed by atoms with Gasteiger partial charge in [-0.3, -0.25) is 4.74 Å². The molecule has 0 aromatic heterocycles. The van der Waals surface area contributed by atoms with E-state index in [0.29, 0.717) is 0 Å². The van der Waals surface area contributed by atoms with Gasteiger partial charge >= 0.3 is 12.4 Å². The minimum atomic E-state index is -4.96. The second kappa shape index (κ2) is 16.1. The van der Waals surface area contributed by atoms with E-state index in [9.17, 15) is 26.3 Å². The average molecular weight is 739 g/mol. The zero-order valence-electron chi connectivity index (χ0n) is 28.6. The fourth-order valence-corrected chi connectivity index (χ4v) is 10.3. The van der Waals surface area contributed by atoms with Crippen molar-refractivity contribution in [3.05, 3.63) is 210 Å². The number of benzene rings is 6. The first-order chi connectivity index (χ1) is 25.4. The molecule has 53 heavy (non-hydrogen) atoms. The Hall–Kier alpha value is -5.33. The number of hydrogen-bond donors (Lipinski definition) is 1. The smallest absolute Gasteiger partial charge is 0.383 e. The maximum atomic E-state index is 13.8. The van der Waals surface area contributed by atoms with E-state index in [4.69, 9.17) is 4.74 Å². The predicted molar refractivity (Wildman–Crippen MR) is 203 cm³/mol. The minimum Gasteiger partial charge on any atom is -0.383 e. The van der Waals surface area contributed by atoms with E-state index in [0.717, 1.165) is 39.2 Å². The van der Waals surface area contributed by atoms with Crippen LogP contribution in [0, 0.1) is 0 Å². The maximum Gasteiger partial charge on any atom is 0.416 e. The summed E-state index contributed by atoms with van der Waals surface area (Å²) in [5, 5.41) is 6.58. The molecule has 270 valence electrons. The Kier molecular flexibility index (Phi) is 11.4. The Morgan fingerprint density at radius 3 is 1.26 bits per heavy atom. The van der Waals surface area contributed by atoms with Gasteiger partial charge in [-0.1, -0.05) is 158 Å². The van der Waals surface area contributed by atoms with Crippen molar-refractivity contribution in [2.24, 2.45) is 4.74 Å². The second-order valence-corrected chi connectivity index (χ2v) is 15.8. The fraction of sp³-hybridized carbons (Fsp3) is 0.136. The number of nitrogens with zero attached hydrogens (tertiary/aromatic N) is 1. The molecule has 1 N–H and O–H groups in total. The summed E-state index contributed by atoms with van der Waals surface area (Å²) in [5.74, 6) is -0.325. The zero-order valence-corrected chi connectivity index (χ0v) is 29.5. The van der Waals surface area contributed by atoms with E-state index in [-0.39, 0.29) is 36.2 Å². The van der Waals surface area contributed by atoms with Gasteiger partial charge in [-0.25, -0.2) is 0 Å². The third kappa shape index (κ3) is 8.83. The van der Waals surface area contributed by atoms with Crippen LogP contribution in [0.1, 0.15) is 33.7 Å². The Morgan fingerprint density at radius 1 is 0.547 bits per heavy atom. The summed E-state index contributed by atoms with van der Waals surface area (Å²) in [4.78, 5) is 0. The maximum absolute atomic E-state index is 13.8. The molecule has 0 heterocycles. The Morgan fingerprint density at radius 2 is 0.906 bits per heavy atom. The van der Waals surface area contributed by atoms with Crippen molar-refractivity contribution < 1.29 is 26.3 Å². The van der Waals surface area contributed by atoms with Crippen LogP contribution >= 0.6 is 7.05 Å². The normalized spacial score (nSPS) is 12.7. The first-order valence-corrected chi connectivity index (χ1v) is 18.8. The molecule has 0 spiro atoms. The molecule has 0 bridgehead atoms. The van der Waals surface area contributed by atoms with Crippen LogP contribution in [-0.4, -0.2) is 12.6 Å². The van der Waals surface area contributed by atoms with E-state index in [2.05, 4.69) is 48.3 Å². The number of nitrogens with one attached hydrogen (secondary N) is 1. The monoisotopic (exact) mass is 738 g/mol. The zero-order chi connectivity index (χ0) is 37.5. The van der Waals surface area contributed by atoms with Crippen LogP contribution in [0.25, 0.3) is 0 Å². The lowest BCUT2D eigenvalue weighted by atomic mass is 9.84. The van der Waals surface area contributed by atoms with Crippen LogP contribution in [0.15, 0.2) is 187 Å². The summed E-state index contributed by atoms with van der Waals surface area (Å²) in [6.07, 6.45) is -10.2. The van der Waals surface area contributed by atoms with Gasteiger partial charge in [0.25, 0.3) is 0 Å². The van der Waals surface area contributed by atoms with Crippen molar-refractivity contribution in [2.45, 2.75) is 30.7 Å². The summed E-state index contributed by atoms with van der Waals surface area (Å²) < 4.78 is 88.4. The number of rotatable bonds is 12. The van der Waals surface area contributed by atoms with Crippen LogP contribution in [0.2, 0.25) is 0 Å². The molecule has 0 unspecified atom stereocenters. The summed E-state index contributed by atoms with van der Waals surface area (Å²) in [5.41, 5.74) is -0.706. The lowest BCUT2D eigenvalue weighted by molar-refractivity contribution is -0.143. The van der Waals surface area contributed by atoms with Crippen molar-refractivity contribution in [1.29, 1.82) is 0 Å². The van der Waals surface area contributed by atoms with Gasteiger partial charge in [0.05, 0.1) is 30.8 Å². The molecular formula is C44H37F6N2P. The molecule has 0 aliphatic heterocycles. The van der Waals surface area contributed by atoms with Crippen LogP contribution in [0.3, 0.4) is 0 Å². The van der Waals surface area contributed by atoms with Crippen LogP contribution in [-0.2, 0) is 18.8 Å². The Labute approximate surface area is 305 Å². The first kappa shape index (κ1) is 37.4. The fourth-order valence-electron chi connectivity index (χ4n) is 6.73. The molecule has 6 aromatic rings. The van der Waals surface area contributed by atoms with Crippen molar-refractivity contribution in [3.8, 4) is 0 Å². The quantitative estimate of drug-likeness (QED) is 0.0981. The van der Waals surface area contributed by atoms with Crippen LogP contribution < -0.4 is 21.2 Å². The lowest BCUT2D eigenvalue weighted by Gasteiger charge is -2.32. The highest BCUT2D eigenvalue weighted by molar-refractivity contribution is 7.87. The van der Waals surface area contributed by atoms with Crippen molar-refractivity contribution in [3.63, 3.8) is 0 Å². The molecule has 2 nitrogen and oxygen atoms in total. The summed E-state index contributed by atoms with van der Waals surface area (Å²) in [6, 6.07) is 51.0. The molecular weight excluding hydrogens is 701 g/mol. The van der Waals surface area contributed by atoms with Gasteiger partial charge in [0, 0.05) is 33.9 Å². The van der Waals surface area contributed by atoms with Gasteiger partial charge in [-0.05, 0) is 34.9 Å². The molecule has 6 aromatic carbocycles. The predicted octanol–water partition coefficient (Wildman–Crippen LogP) is 10.7. The molecule has 6 rings (SSSR count). The van der Waals surface area contributed by atoms with E-state index in [1.807, 2.05) is 115 Å². The highest BCUT2D eigenvalue weighted by Gasteiger charge is 2.37. The van der Waals surface area contributed by atoms with Crippen LogP contribution in [0.4, 0.5) is 26.3 Å². The molecule has 0 saturated carbocycles. The molecule has 0 amide bonds. The van der Waals surface area contributed by atoms with E-state index < -0.39 is 36.6 Å². The standard InChI is InChI=1S/C44H37F6N2P/c1-32(27-33-28-36(43(45,46)47)30-37(29-33)44(48,49)50)52-41(42(34-17-7-2-8-18-34)35-19-9-3-10-20-35)31-51-53(38-21-11-4-12-22-38,39-23-13-5-14-24-39)40-25-15-6-16-26-40/h2-26,28-30,41-42,52H,1,27,31H2/t41-/m1/s1. The highest BCUT2D eigenvalue weighted by Crippen LogP contribution is 2.47. The van der Waals surface area contributed by atoms with Gasteiger partial charge in [-0.15, -0.1) is 0 Å². The van der Waals surface area contributed by atoms with E-state index >= 15 is 0 Å². The highest BCUT2D eigenvalue weighted by atomic mass is 31.2. The molecule has 1 atom stereocenters. The van der Waals surface area contributed by atoms with Gasteiger partial charge in [0.2, 0.25) is 0 Å². The number of allylic oxidation sites excluding steroid dienone is 1. The summed E-state index contributed by atoms with van der Waals surface area (Å²) in [6.45, 7) is 4.37. The molecule has 0 saturated heterocycles. The van der Waals surface area contributed by atoms with Gasteiger partial charge in [0.1, 0.15) is 0 Å². The lowest BCUT2D eigenvalue weighted by Crippen LogP contribution is -2.38. The largest absolute Gasteiger partial charge is 0.416 e. The second-order valence-electron chi connectivity index (χ2n) is 12.7. The molecule has 0 aliphatic carbocycles. The van der Waals surface area contributed by atoms with Gasteiger partial charge < -0.3 is 5.32 Å². The average Bonchev–Trinajstić information content (AvgIpc) is 3.16. The van der Waals surface area contributed by atoms with E-state index in [1.54, 1.807) is 0 Å². The van der Waals surface area contributed by atoms with E-state index in [1.165, 1.54) is 0 Å². The van der Waals surface area contributed by atoms with Crippen LogP contribution in [0.5, 0.6) is 0 Å². The van der Waals surface area contributed by atoms with Gasteiger partial charge in [0.15, 0.2) is 0 Å². The topological polar surface area (TPSA) is 24.4 Å². The summed E-state index contributed by atoms with van der Waals surface area (Å²) in [7, 11) is -2.68. The Bertz CT molecular complexity index is 1980. The number of alkyl halides is 6.